The molecule has 3 rings (SSSR count). The number of benzene rings is 1. The van der Waals surface area contributed by atoms with Crippen LogP contribution in [0.4, 0.5) is 10.5 Å². The largest absolute Gasteiger partial charge is 0.450 e. The summed E-state index contributed by atoms with van der Waals surface area (Å²) in [5, 5.41) is 0. The summed E-state index contributed by atoms with van der Waals surface area (Å²) in [7, 11) is 0. The van der Waals surface area contributed by atoms with E-state index in [2.05, 4.69) is 36.9 Å². The molecule has 1 aromatic carbocycles. The summed E-state index contributed by atoms with van der Waals surface area (Å²) in [5.74, 6) is -0.927. The lowest BCUT2D eigenvalue weighted by Crippen LogP contribution is -2.57. The SMILES string of the molecule is CCOC(=O)N1CCN(C(=O)C(=O)N2CCN(c3cccc(C)c3C)CC2)CC1. The molecule has 2 fully saturated rings. The van der Waals surface area contributed by atoms with E-state index in [1.54, 1.807) is 16.7 Å². The molecule has 2 saturated heterocycles. The minimum Gasteiger partial charge on any atom is -0.450 e. The fourth-order valence-electron chi connectivity index (χ4n) is 3.81. The summed E-state index contributed by atoms with van der Waals surface area (Å²) in [4.78, 5) is 44.1. The molecule has 3 amide bonds. The fourth-order valence-corrected chi connectivity index (χ4v) is 3.81. The van der Waals surface area contributed by atoms with Gasteiger partial charge >= 0.3 is 17.9 Å². The van der Waals surface area contributed by atoms with E-state index < -0.39 is 11.8 Å². The van der Waals surface area contributed by atoms with Crippen molar-refractivity contribution in [3.8, 4) is 0 Å². The zero-order chi connectivity index (χ0) is 21.0. The molecular weight excluding hydrogens is 372 g/mol. The van der Waals surface area contributed by atoms with E-state index in [1.165, 1.54) is 21.7 Å². The molecule has 2 aliphatic rings. The van der Waals surface area contributed by atoms with E-state index in [4.69, 9.17) is 4.74 Å². The van der Waals surface area contributed by atoms with Crippen LogP contribution in [0.1, 0.15) is 18.1 Å². The summed E-state index contributed by atoms with van der Waals surface area (Å²) in [6, 6.07) is 6.25. The molecule has 0 N–H and O–H groups in total. The highest BCUT2D eigenvalue weighted by Crippen LogP contribution is 2.24. The highest BCUT2D eigenvalue weighted by molar-refractivity contribution is 6.35. The molecule has 8 nitrogen and oxygen atoms in total. The number of amides is 3. The normalized spacial score (nSPS) is 17.3. The molecule has 0 spiro atoms. The van der Waals surface area contributed by atoms with Crippen LogP contribution in [0.2, 0.25) is 0 Å². The van der Waals surface area contributed by atoms with Crippen LogP contribution in [-0.2, 0) is 14.3 Å². The zero-order valence-electron chi connectivity index (χ0n) is 17.5. The van der Waals surface area contributed by atoms with Crippen molar-refractivity contribution < 1.29 is 19.1 Å². The molecule has 0 atom stereocenters. The number of hydrogen-bond acceptors (Lipinski definition) is 5. The standard InChI is InChI=1S/C21H30N4O4/c1-4-29-21(28)25-14-12-24(13-15-25)20(27)19(26)23-10-8-22(9-11-23)18-7-5-6-16(2)17(18)3/h5-7H,4,8-15H2,1-3H3. The van der Waals surface area contributed by atoms with Crippen molar-refractivity contribution in [3.63, 3.8) is 0 Å². The van der Waals surface area contributed by atoms with Crippen LogP contribution >= 0.6 is 0 Å². The van der Waals surface area contributed by atoms with Crippen molar-refractivity contribution in [2.75, 3.05) is 63.9 Å². The predicted octanol–water partition coefficient (Wildman–Crippen LogP) is 1.25. The van der Waals surface area contributed by atoms with Crippen molar-refractivity contribution in [1.82, 2.24) is 14.7 Å². The maximum absolute atomic E-state index is 12.7. The molecular formula is C21H30N4O4. The second-order valence-corrected chi connectivity index (χ2v) is 7.48. The maximum Gasteiger partial charge on any atom is 0.409 e. The average molecular weight is 402 g/mol. The Morgan fingerprint density at radius 3 is 1.90 bits per heavy atom. The summed E-state index contributed by atoms with van der Waals surface area (Å²) < 4.78 is 4.99. The first kappa shape index (κ1) is 21.0. The van der Waals surface area contributed by atoms with E-state index in [9.17, 15) is 14.4 Å². The van der Waals surface area contributed by atoms with Gasteiger partial charge in [0.25, 0.3) is 0 Å². The molecule has 0 bridgehead atoms. The number of carbonyl (C=O) groups excluding carboxylic acids is 3. The van der Waals surface area contributed by atoms with Gasteiger partial charge in [-0.1, -0.05) is 12.1 Å². The van der Waals surface area contributed by atoms with Gasteiger partial charge in [0.15, 0.2) is 0 Å². The first-order chi connectivity index (χ1) is 13.9. The van der Waals surface area contributed by atoms with Crippen molar-refractivity contribution in [1.29, 1.82) is 0 Å². The fraction of sp³-hybridized carbons (Fsp3) is 0.571. The number of aryl methyl sites for hydroxylation is 1. The number of nitrogens with zero attached hydrogens (tertiary/aromatic N) is 4. The van der Waals surface area contributed by atoms with Crippen LogP contribution < -0.4 is 4.90 Å². The minimum atomic E-state index is -0.478. The van der Waals surface area contributed by atoms with Crippen molar-refractivity contribution in [3.05, 3.63) is 29.3 Å². The molecule has 0 radical (unpaired) electrons. The minimum absolute atomic E-state index is 0.324. The number of anilines is 1. The molecule has 0 unspecified atom stereocenters. The second-order valence-electron chi connectivity index (χ2n) is 7.48. The molecule has 2 aliphatic heterocycles. The monoisotopic (exact) mass is 402 g/mol. The van der Waals surface area contributed by atoms with Crippen molar-refractivity contribution in [2.24, 2.45) is 0 Å². The Labute approximate surface area is 172 Å². The second kappa shape index (κ2) is 9.15. The van der Waals surface area contributed by atoms with Crippen LogP contribution in [0.3, 0.4) is 0 Å². The zero-order valence-corrected chi connectivity index (χ0v) is 17.5. The lowest BCUT2D eigenvalue weighted by Gasteiger charge is -2.38. The number of ether oxygens (including phenoxy) is 1. The first-order valence-electron chi connectivity index (χ1n) is 10.2. The molecule has 8 heteroatoms. The Bertz CT molecular complexity index is 766. The Morgan fingerprint density at radius 2 is 1.34 bits per heavy atom. The number of carbonyl (C=O) groups is 3. The first-order valence-corrected chi connectivity index (χ1v) is 10.2. The number of hydrogen-bond donors (Lipinski definition) is 0. The molecule has 0 aliphatic carbocycles. The van der Waals surface area contributed by atoms with E-state index in [-0.39, 0.29) is 6.09 Å². The summed E-state index contributed by atoms with van der Waals surface area (Å²) in [6.07, 6.45) is -0.367. The number of piperazine rings is 2. The van der Waals surface area contributed by atoms with E-state index in [0.29, 0.717) is 59.0 Å². The topological polar surface area (TPSA) is 73.4 Å². The summed E-state index contributed by atoms with van der Waals surface area (Å²) in [6.45, 7) is 10.2. The predicted molar refractivity (Wildman–Crippen MR) is 110 cm³/mol. The quantitative estimate of drug-likeness (QED) is 0.697. The van der Waals surface area contributed by atoms with Gasteiger partial charge in [-0.15, -0.1) is 0 Å². The Balaban J connectivity index is 1.51. The van der Waals surface area contributed by atoms with Gasteiger partial charge in [-0.2, -0.15) is 0 Å². The molecule has 158 valence electrons. The van der Waals surface area contributed by atoms with Crippen LogP contribution in [-0.4, -0.2) is 91.6 Å². The Hall–Kier alpha value is -2.77. The Kier molecular flexibility index (Phi) is 6.61. The average Bonchev–Trinajstić information content (AvgIpc) is 2.75. The van der Waals surface area contributed by atoms with E-state index >= 15 is 0 Å². The van der Waals surface area contributed by atoms with Crippen LogP contribution in [0.25, 0.3) is 0 Å². The van der Waals surface area contributed by atoms with Gasteiger partial charge in [0, 0.05) is 58.0 Å². The lowest BCUT2D eigenvalue weighted by molar-refractivity contribution is -0.152. The number of rotatable bonds is 2. The van der Waals surface area contributed by atoms with Gasteiger partial charge in [-0.3, -0.25) is 9.59 Å². The van der Waals surface area contributed by atoms with Gasteiger partial charge in [-0.05, 0) is 38.0 Å². The Morgan fingerprint density at radius 1 is 0.828 bits per heavy atom. The van der Waals surface area contributed by atoms with Gasteiger partial charge < -0.3 is 24.3 Å². The van der Waals surface area contributed by atoms with Gasteiger partial charge in [0.05, 0.1) is 6.61 Å². The molecule has 2 heterocycles. The van der Waals surface area contributed by atoms with Crippen molar-refractivity contribution >= 4 is 23.6 Å². The molecule has 0 saturated carbocycles. The van der Waals surface area contributed by atoms with Gasteiger partial charge in [0.2, 0.25) is 0 Å². The summed E-state index contributed by atoms with van der Waals surface area (Å²) >= 11 is 0. The molecule has 1 aromatic rings. The van der Waals surface area contributed by atoms with Crippen LogP contribution in [0.5, 0.6) is 0 Å². The summed E-state index contributed by atoms with van der Waals surface area (Å²) in [5.41, 5.74) is 3.69. The smallest absolute Gasteiger partial charge is 0.409 e. The van der Waals surface area contributed by atoms with Crippen LogP contribution in [0, 0.1) is 13.8 Å². The van der Waals surface area contributed by atoms with Gasteiger partial charge in [0.1, 0.15) is 0 Å². The highest BCUT2D eigenvalue weighted by atomic mass is 16.6. The van der Waals surface area contributed by atoms with E-state index in [0.717, 1.165) is 0 Å². The molecule has 0 aromatic heterocycles. The lowest BCUT2D eigenvalue weighted by atomic mass is 10.1. The van der Waals surface area contributed by atoms with Crippen LogP contribution in [0.15, 0.2) is 18.2 Å². The third kappa shape index (κ3) is 4.63. The van der Waals surface area contributed by atoms with E-state index in [1.807, 2.05) is 0 Å². The van der Waals surface area contributed by atoms with Crippen molar-refractivity contribution in [2.45, 2.75) is 20.8 Å². The maximum atomic E-state index is 12.7. The molecule has 29 heavy (non-hydrogen) atoms. The third-order valence-corrected chi connectivity index (χ3v) is 5.76. The third-order valence-electron chi connectivity index (χ3n) is 5.76. The van der Waals surface area contributed by atoms with Gasteiger partial charge in [-0.25, -0.2) is 4.79 Å². The highest BCUT2D eigenvalue weighted by Gasteiger charge is 2.32.